The van der Waals surface area contributed by atoms with Crippen molar-refractivity contribution in [1.29, 1.82) is 0 Å². The number of nitrogens with one attached hydrogen (secondary N) is 2. The van der Waals surface area contributed by atoms with Crippen LogP contribution in [0.1, 0.15) is 51.2 Å². The molecule has 1 aliphatic rings. The van der Waals surface area contributed by atoms with Crippen LogP contribution in [0.3, 0.4) is 0 Å². The number of guanidine groups is 1. The Hall–Kier alpha value is -0.740. The lowest BCUT2D eigenvalue weighted by Gasteiger charge is -2.30. The first-order valence-electron chi connectivity index (χ1n) is 9.39. The van der Waals surface area contributed by atoms with E-state index < -0.39 is 16.9 Å². The van der Waals surface area contributed by atoms with Crippen molar-refractivity contribution in [2.24, 2.45) is 4.99 Å². The molecule has 1 saturated carbocycles. The van der Waals surface area contributed by atoms with Gasteiger partial charge in [-0.1, -0.05) is 25.5 Å². The minimum atomic E-state index is -0.780. The lowest BCUT2D eigenvalue weighted by Crippen LogP contribution is -2.46. The van der Waals surface area contributed by atoms with Crippen molar-refractivity contribution in [3.63, 3.8) is 0 Å². The summed E-state index contributed by atoms with van der Waals surface area (Å²) in [7, 11) is -0.762. The van der Waals surface area contributed by atoms with Gasteiger partial charge in [0.05, 0.1) is 12.6 Å². The van der Waals surface area contributed by atoms with E-state index in [9.17, 15) is 13.7 Å². The molecule has 1 aromatic rings. The van der Waals surface area contributed by atoms with Crippen molar-refractivity contribution in [1.82, 2.24) is 10.6 Å². The number of aliphatic imine (C=N–C) groups is 1. The number of aliphatic hydroxyl groups is 1. The second-order valence-electron chi connectivity index (χ2n) is 6.59. The molecule has 2 rings (SSSR count). The highest BCUT2D eigenvalue weighted by molar-refractivity contribution is 14.0. The Morgan fingerprint density at radius 1 is 1.33 bits per heavy atom. The van der Waals surface area contributed by atoms with Crippen LogP contribution in [0.5, 0.6) is 0 Å². The highest BCUT2D eigenvalue weighted by Gasteiger charge is 2.26. The third kappa shape index (κ3) is 8.03. The highest BCUT2D eigenvalue weighted by atomic mass is 127. The van der Waals surface area contributed by atoms with E-state index in [0.29, 0.717) is 17.3 Å². The molecule has 1 fully saturated rings. The molecule has 0 aliphatic heterocycles. The van der Waals surface area contributed by atoms with Crippen LogP contribution in [-0.4, -0.2) is 45.4 Å². The Balaban J connectivity index is 0.00000364. The summed E-state index contributed by atoms with van der Waals surface area (Å²) in [6.07, 6.45) is 3.22. The van der Waals surface area contributed by atoms with Crippen LogP contribution in [0.25, 0.3) is 0 Å². The van der Waals surface area contributed by atoms with Gasteiger partial charge in [0.2, 0.25) is 0 Å². The van der Waals surface area contributed by atoms with Crippen LogP contribution in [0.2, 0.25) is 0 Å². The second kappa shape index (κ2) is 12.7. The molecule has 4 atom stereocenters. The van der Waals surface area contributed by atoms with Gasteiger partial charge in [-0.2, -0.15) is 0 Å². The van der Waals surface area contributed by atoms with Gasteiger partial charge in [0.15, 0.2) is 5.96 Å². The molecule has 3 N–H and O–H groups in total. The Kier molecular flexibility index (Phi) is 11.4. The lowest BCUT2D eigenvalue weighted by molar-refractivity contribution is 0.187. The topological polar surface area (TPSA) is 73.7 Å². The second-order valence-corrected chi connectivity index (χ2v) is 8.59. The molecule has 1 aliphatic carbocycles. The predicted molar refractivity (Wildman–Crippen MR) is 121 cm³/mol. The van der Waals surface area contributed by atoms with E-state index in [1.165, 1.54) is 12.1 Å². The fourth-order valence-corrected chi connectivity index (χ4v) is 4.58. The first kappa shape index (κ1) is 24.3. The summed E-state index contributed by atoms with van der Waals surface area (Å²) in [5.74, 6) is 1.03. The molecule has 0 saturated heterocycles. The monoisotopic (exact) mass is 511 g/mol. The van der Waals surface area contributed by atoms with E-state index in [4.69, 9.17) is 0 Å². The third-order valence-electron chi connectivity index (χ3n) is 4.64. The third-order valence-corrected chi connectivity index (χ3v) is 6.39. The fraction of sp³-hybridized carbons (Fsp3) is 0.632. The van der Waals surface area contributed by atoms with E-state index in [1.54, 1.807) is 12.1 Å². The molecular weight excluding hydrogens is 480 g/mol. The maximum Gasteiger partial charge on any atom is 0.191 e. The molecule has 8 heteroatoms. The Morgan fingerprint density at radius 2 is 2.04 bits per heavy atom. The van der Waals surface area contributed by atoms with Crippen LogP contribution in [0.15, 0.2) is 29.3 Å². The molecule has 154 valence electrons. The molecule has 27 heavy (non-hydrogen) atoms. The molecule has 0 bridgehead atoms. The minimum absolute atomic E-state index is 0. The Labute approximate surface area is 181 Å². The van der Waals surface area contributed by atoms with Crippen molar-refractivity contribution in [3.8, 4) is 0 Å². The molecule has 0 aromatic heterocycles. The predicted octanol–water partition coefficient (Wildman–Crippen LogP) is 3.11. The first-order valence-corrected chi connectivity index (χ1v) is 10.8. The molecular formula is C19H31FIN3O2S. The number of benzene rings is 1. The SMILES string of the molecule is CCNC(=NCC(O)c1ccc(F)cc1)NC1CCCC(S(=O)CC)C1.I. The van der Waals surface area contributed by atoms with Crippen LogP contribution in [0, 0.1) is 5.82 Å². The number of rotatable bonds is 7. The number of hydrogen-bond acceptors (Lipinski definition) is 3. The average Bonchev–Trinajstić information content (AvgIpc) is 2.66. The number of nitrogens with zero attached hydrogens (tertiary/aromatic N) is 1. The average molecular weight is 511 g/mol. The molecule has 0 radical (unpaired) electrons. The van der Waals surface area contributed by atoms with Crippen molar-refractivity contribution >= 4 is 40.7 Å². The van der Waals surface area contributed by atoms with E-state index in [0.717, 1.165) is 32.2 Å². The van der Waals surface area contributed by atoms with E-state index in [2.05, 4.69) is 15.6 Å². The maximum atomic E-state index is 13.0. The van der Waals surface area contributed by atoms with Crippen molar-refractivity contribution < 1.29 is 13.7 Å². The Bertz CT molecular complexity index is 615. The van der Waals surface area contributed by atoms with E-state index >= 15 is 0 Å². The van der Waals surface area contributed by atoms with Crippen molar-refractivity contribution in [2.75, 3.05) is 18.8 Å². The highest BCUT2D eigenvalue weighted by Crippen LogP contribution is 2.23. The standard InChI is InChI=1S/C19H30FN3O2S.HI/c1-3-21-19(22-13-18(24)14-8-10-15(20)11-9-14)23-16-6-5-7-17(12-16)26(25)4-2;/h8-11,16-18,24H,3-7,12-13H2,1-2H3,(H2,21,22,23);1H. The van der Waals surface area contributed by atoms with Gasteiger partial charge in [-0.3, -0.25) is 9.20 Å². The zero-order valence-corrected chi connectivity index (χ0v) is 19.1. The van der Waals surface area contributed by atoms with E-state index in [1.807, 2.05) is 13.8 Å². The summed E-state index contributed by atoms with van der Waals surface area (Å²) in [4.78, 5) is 4.47. The van der Waals surface area contributed by atoms with Gasteiger partial charge < -0.3 is 15.7 Å². The number of aliphatic hydroxyl groups excluding tert-OH is 1. The van der Waals surface area contributed by atoms with Crippen molar-refractivity contribution in [2.45, 2.75) is 56.9 Å². The zero-order valence-electron chi connectivity index (χ0n) is 16.0. The molecule has 4 unspecified atom stereocenters. The van der Waals surface area contributed by atoms with Crippen molar-refractivity contribution in [3.05, 3.63) is 35.6 Å². The normalized spacial score (nSPS) is 22.4. The van der Waals surface area contributed by atoms with Gasteiger partial charge >= 0.3 is 0 Å². The van der Waals surface area contributed by atoms with Crippen LogP contribution >= 0.6 is 24.0 Å². The van der Waals surface area contributed by atoms with Gasteiger partial charge in [-0.05, 0) is 43.9 Å². The molecule has 0 heterocycles. The summed E-state index contributed by atoms with van der Waals surface area (Å²) in [5, 5.41) is 17.1. The molecule has 0 amide bonds. The molecule has 5 nitrogen and oxygen atoms in total. The Morgan fingerprint density at radius 3 is 2.67 bits per heavy atom. The van der Waals surface area contributed by atoms with Gasteiger partial charge in [0, 0.05) is 34.4 Å². The number of halogens is 2. The number of hydrogen-bond donors (Lipinski definition) is 3. The lowest BCUT2D eigenvalue weighted by atomic mass is 9.95. The smallest absolute Gasteiger partial charge is 0.191 e. The quantitative estimate of drug-likeness (QED) is 0.299. The largest absolute Gasteiger partial charge is 0.386 e. The summed E-state index contributed by atoms with van der Waals surface area (Å²) in [6.45, 7) is 4.87. The first-order chi connectivity index (χ1) is 12.5. The zero-order chi connectivity index (χ0) is 18.9. The maximum absolute atomic E-state index is 13.0. The van der Waals surface area contributed by atoms with Crippen LogP contribution < -0.4 is 10.6 Å². The molecule has 1 aromatic carbocycles. The summed E-state index contributed by atoms with van der Waals surface area (Å²) in [6, 6.07) is 6.05. The van der Waals surface area contributed by atoms with Gasteiger partial charge in [-0.15, -0.1) is 24.0 Å². The summed E-state index contributed by atoms with van der Waals surface area (Å²) < 4.78 is 25.1. The fourth-order valence-electron chi connectivity index (χ4n) is 3.23. The van der Waals surface area contributed by atoms with Crippen LogP contribution in [-0.2, 0) is 10.8 Å². The summed E-state index contributed by atoms with van der Waals surface area (Å²) >= 11 is 0. The van der Waals surface area contributed by atoms with Gasteiger partial charge in [0.25, 0.3) is 0 Å². The van der Waals surface area contributed by atoms with Gasteiger partial charge in [-0.25, -0.2) is 4.39 Å². The summed E-state index contributed by atoms with van der Waals surface area (Å²) in [5.41, 5.74) is 0.641. The van der Waals surface area contributed by atoms with Gasteiger partial charge in [0.1, 0.15) is 5.82 Å². The minimum Gasteiger partial charge on any atom is -0.386 e. The van der Waals surface area contributed by atoms with Crippen LogP contribution in [0.4, 0.5) is 4.39 Å². The molecule has 0 spiro atoms. The van der Waals surface area contributed by atoms with E-state index in [-0.39, 0.29) is 47.6 Å².